The summed E-state index contributed by atoms with van der Waals surface area (Å²) in [6, 6.07) is 16.1. The molecule has 0 radical (unpaired) electrons. The maximum absolute atomic E-state index is 12.6. The van der Waals surface area contributed by atoms with Crippen LogP contribution in [-0.2, 0) is 6.54 Å². The molecule has 0 spiro atoms. The van der Waals surface area contributed by atoms with Gasteiger partial charge in [-0.3, -0.25) is 9.78 Å². The van der Waals surface area contributed by atoms with Crippen molar-refractivity contribution >= 4 is 17.4 Å². The first-order valence-corrected chi connectivity index (χ1v) is 9.89. The van der Waals surface area contributed by atoms with E-state index < -0.39 is 0 Å². The predicted molar refractivity (Wildman–Crippen MR) is 115 cm³/mol. The van der Waals surface area contributed by atoms with Gasteiger partial charge in [-0.1, -0.05) is 35.9 Å². The molecule has 1 saturated heterocycles. The number of hydrogen-bond acceptors (Lipinski definition) is 5. The van der Waals surface area contributed by atoms with Crippen molar-refractivity contribution in [2.75, 3.05) is 36.0 Å². The molecule has 1 N–H and O–H groups in total. The largest absolute Gasteiger partial charge is 0.367 e. The van der Waals surface area contributed by atoms with Crippen molar-refractivity contribution in [2.45, 2.75) is 13.5 Å². The van der Waals surface area contributed by atoms with Crippen LogP contribution in [0.3, 0.4) is 0 Å². The minimum Gasteiger partial charge on any atom is -0.367 e. The second-order valence-corrected chi connectivity index (χ2v) is 7.27. The predicted octanol–water partition coefficient (Wildman–Crippen LogP) is 3.04. The van der Waals surface area contributed by atoms with Crippen LogP contribution in [0.4, 0.5) is 11.5 Å². The molecule has 1 fully saturated rings. The van der Waals surface area contributed by atoms with Crippen molar-refractivity contribution in [1.82, 2.24) is 15.3 Å². The van der Waals surface area contributed by atoms with E-state index in [0.29, 0.717) is 12.1 Å². The third-order valence-electron chi connectivity index (χ3n) is 5.14. The summed E-state index contributed by atoms with van der Waals surface area (Å²) < 4.78 is 0. The maximum Gasteiger partial charge on any atom is 0.253 e. The van der Waals surface area contributed by atoms with Crippen molar-refractivity contribution in [2.24, 2.45) is 0 Å². The highest BCUT2D eigenvalue weighted by atomic mass is 16.1. The van der Waals surface area contributed by atoms with E-state index in [1.165, 1.54) is 5.56 Å². The number of amides is 1. The number of carbonyl (C=O) groups excluding carboxylic acids is 1. The van der Waals surface area contributed by atoms with Crippen molar-refractivity contribution in [3.63, 3.8) is 0 Å². The molecule has 1 aromatic carbocycles. The summed E-state index contributed by atoms with van der Waals surface area (Å²) in [6.45, 7) is 6.07. The summed E-state index contributed by atoms with van der Waals surface area (Å²) in [5, 5.41) is 2.99. The van der Waals surface area contributed by atoms with Gasteiger partial charge in [0.15, 0.2) is 0 Å². The van der Waals surface area contributed by atoms with Gasteiger partial charge in [0.25, 0.3) is 5.91 Å². The van der Waals surface area contributed by atoms with Gasteiger partial charge in [0.05, 0.1) is 17.4 Å². The molecule has 3 heterocycles. The Kier molecular flexibility index (Phi) is 5.70. The van der Waals surface area contributed by atoms with Crippen LogP contribution in [0.2, 0.25) is 0 Å². The van der Waals surface area contributed by atoms with Crippen LogP contribution >= 0.6 is 0 Å². The van der Waals surface area contributed by atoms with Gasteiger partial charge in [0, 0.05) is 45.1 Å². The maximum atomic E-state index is 12.6. The molecular formula is C23H25N5O. The zero-order valence-corrected chi connectivity index (χ0v) is 16.6. The molecule has 0 unspecified atom stereocenters. The average Bonchev–Trinajstić information content (AvgIpc) is 2.78. The van der Waals surface area contributed by atoms with E-state index in [-0.39, 0.29) is 5.91 Å². The zero-order valence-electron chi connectivity index (χ0n) is 16.6. The second-order valence-electron chi connectivity index (χ2n) is 7.27. The Balaban J connectivity index is 1.37. The van der Waals surface area contributed by atoms with Crippen LogP contribution in [0, 0.1) is 6.92 Å². The second kappa shape index (κ2) is 8.73. The highest BCUT2D eigenvalue weighted by molar-refractivity contribution is 5.94. The fourth-order valence-electron chi connectivity index (χ4n) is 3.57. The summed E-state index contributed by atoms with van der Waals surface area (Å²) in [5.41, 5.74) is 3.84. The van der Waals surface area contributed by atoms with Gasteiger partial charge in [0.2, 0.25) is 0 Å². The SMILES string of the molecule is Cc1cccc(CNC(=O)c2cncc(N3CCN(c4ccccn4)CC3)c2)c1. The Labute approximate surface area is 171 Å². The van der Waals surface area contributed by atoms with E-state index >= 15 is 0 Å². The van der Waals surface area contributed by atoms with Crippen LogP contribution < -0.4 is 15.1 Å². The first-order valence-electron chi connectivity index (χ1n) is 9.89. The van der Waals surface area contributed by atoms with Gasteiger partial charge in [-0.05, 0) is 30.7 Å². The summed E-state index contributed by atoms with van der Waals surface area (Å²) in [5.74, 6) is 0.905. The Morgan fingerprint density at radius 3 is 2.59 bits per heavy atom. The first-order chi connectivity index (χ1) is 14.2. The van der Waals surface area contributed by atoms with Crippen molar-refractivity contribution < 1.29 is 4.79 Å². The van der Waals surface area contributed by atoms with E-state index in [1.807, 2.05) is 61.8 Å². The average molecular weight is 387 g/mol. The number of pyridine rings is 2. The fourth-order valence-corrected chi connectivity index (χ4v) is 3.57. The quantitative estimate of drug-likeness (QED) is 0.729. The summed E-state index contributed by atoms with van der Waals surface area (Å²) in [7, 11) is 0. The molecule has 0 aliphatic carbocycles. The van der Waals surface area contributed by atoms with Gasteiger partial charge < -0.3 is 15.1 Å². The summed E-state index contributed by atoms with van der Waals surface area (Å²) >= 11 is 0. The smallest absolute Gasteiger partial charge is 0.253 e. The molecule has 2 aromatic heterocycles. The number of nitrogens with one attached hydrogen (secondary N) is 1. The van der Waals surface area contributed by atoms with Crippen LogP contribution in [0.5, 0.6) is 0 Å². The lowest BCUT2D eigenvalue weighted by molar-refractivity contribution is 0.0950. The summed E-state index contributed by atoms with van der Waals surface area (Å²) in [4.78, 5) is 25.9. The van der Waals surface area contributed by atoms with Crippen LogP contribution in [0.25, 0.3) is 0 Å². The molecule has 0 bridgehead atoms. The lowest BCUT2D eigenvalue weighted by atomic mass is 10.1. The number of anilines is 2. The minimum atomic E-state index is -0.104. The van der Waals surface area contributed by atoms with E-state index in [2.05, 4.69) is 31.2 Å². The number of nitrogens with zero attached hydrogens (tertiary/aromatic N) is 4. The van der Waals surface area contributed by atoms with Crippen LogP contribution in [0.1, 0.15) is 21.5 Å². The fraction of sp³-hybridized carbons (Fsp3) is 0.261. The Bertz CT molecular complexity index is 968. The molecule has 1 aliphatic heterocycles. The molecule has 6 heteroatoms. The number of rotatable bonds is 5. The van der Waals surface area contributed by atoms with E-state index in [9.17, 15) is 4.79 Å². The number of benzene rings is 1. The molecular weight excluding hydrogens is 362 g/mol. The van der Waals surface area contributed by atoms with Crippen LogP contribution in [-0.4, -0.2) is 42.1 Å². The molecule has 29 heavy (non-hydrogen) atoms. The zero-order chi connectivity index (χ0) is 20.1. The number of carbonyl (C=O) groups is 1. The Hall–Kier alpha value is -3.41. The topological polar surface area (TPSA) is 61.4 Å². The van der Waals surface area contributed by atoms with Crippen LogP contribution in [0.15, 0.2) is 67.1 Å². The number of piperazine rings is 1. The van der Waals surface area contributed by atoms with Crippen molar-refractivity contribution in [1.29, 1.82) is 0 Å². The van der Waals surface area contributed by atoms with Gasteiger partial charge in [-0.15, -0.1) is 0 Å². The normalized spacial score (nSPS) is 14.0. The number of aryl methyl sites for hydroxylation is 1. The standard InChI is InChI=1S/C23H25N5O/c1-18-5-4-6-19(13-18)15-26-23(29)20-14-21(17-24-16-20)27-9-11-28(12-10-27)22-7-2-3-8-25-22/h2-8,13-14,16-17H,9-12,15H2,1H3,(H,26,29). The van der Waals surface area contributed by atoms with E-state index in [4.69, 9.17) is 0 Å². The van der Waals surface area contributed by atoms with E-state index in [1.54, 1.807) is 6.20 Å². The third-order valence-corrected chi connectivity index (χ3v) is 5.14. The van der Waals surface area contributed by atoms with Gasteiger partial charge in [-0.2, -0.15) is 0 Å². The van der Waals surface area contributed by atoms with Gasteiger partial charge in [-0.25, -0.2) is 4.98 Å². The van der Waals surface area contributed by atoms with Gasteiger partial charge in [0.1, 0.15) is 5.82 Å². The number of aromatic nitrogens is 2. The van der Waals surface area contributed by atoms with Crippen molar-refractivity contribution in [3.05, 3.63) is 83.8 Å². The van der Waals surface area contributed by atoms with E-state index in [0.717, 1.165) is 43.2 Å². The first kappa shape index (κ1) is 18.9. The minimum absolute atomic E-state index is 0.104. The lowest BCUT2D eigenvalue weighted by Gasteiger charge is -2.36. The summed E-state index contributed by atoms with van der Waals surface area (Å²) in [6.07, 6.45) is 5.28. The molecule has 1 amide bonds. The Morgan fingerprint density at radius 1 is 1.00 bits per heavy atom. The molecule has 4 rings (SSSR count). The van der Waals surface area contributed by atoms with Crippen molar-refractivity contribution in [3.8, 4) is 0 Å². The highest BCUT2D eigenvalue weighted by Crippen LogP contribution is 2.19. The highest BCUT2D eigenvalue weighted by Gasteiger charge is 2.19. The molecule has 148 valence electrons. The molecule has 6 nitrogen and oxygen atoms in total. The monoisotopic (exact) mass is 387 g/mol. The molecule has 1 aliphatic rings. The molecule has 3 aromatic rings. The molecule has 0 atom stereocenters. The van der Waals surface area contributed by atoms with Gasteiger partial charge >= 0.3 is 0 Å². The number of hydrogen-bond donors (Lipinski definition) is 1. The molecule has 0 saturated carbocycles. The lowest BCUT2D eigenvalue weighted by Crippen LogP contribution is -2.46. The Morgan fingerprint density at radius 2 is 1.83 bits per heavy atom. The third kappa shape index (κ3) is 4.71.